The predicted octanol–water partition coefficient (Wildman–Crippen LogP) is 4.11. The first-order chi connectivity index (χ1) is 10.2. The van der Waals surface area contributed by atoms with Crippen LogP contribution in [0, 0.1) is 0 Å². The Morgan fingerprint density at radius 3 is 2.90 bits per heavy atom. The van der Waals surface area contributed by atoms with E-state index in [4.69, 9.17) is 4.42 Å². The van der Waals surface area contributed by atoms with E-state index in [1.807, 2.05) is 36.1 Å². The standard InChI is InChI=1S/C16H18BrN3O/c1-3-8-20-16(12(17)10-19-20)15(18-2)14-9-11-6-4-5-7-13(11)21-14/h4-7,9-10,15,18H,3,8H2,1-2H3. The summed E-state index contributed by atoms with van der Waals surface area (Å²) in [4.78, 5) is 0. The van der Waals surface area contributed by atoms with Gasteiger partial charge in [-0.1, -0.05) is 25.1 Å². The van der Waals surface area contributed by atoms with E-state index in [1.165, 1.54) is 0 Å². The first kappa shape index (κ1) is 14.4. The van der Waals surface area contributed by atoms with Gasteiger partial charge in [0.15, 0.2) is 0 Å². The SMILES string of the molecule is CCCn1ncc(Br)c1C(NC)c1cc2ccccc2o1. The normalized spacial score (nSPS) is 12.9. The van der Waals surface area contributed by atoms with Gasteiger partial charge in [0, 0.05) is 11.9 Å². The van der Waals surface area contributed by atoms with Crippen molar-refractivity contribution >= 4 is 26.9 Å². The molecule has 0 saturated carbocycles. The van der Waals surface area contributed by atoms with E-state index < -0.39 is 0 Å². The lowest BCUT2D eigenvalue weighted by molar-refractivity contribution is 0.458. The summed E-state index contributed by atoms with van der Waals surface area (Å²) in [7, 11) is 1.94. The smallest absolute Gasteiger partial charge is 0.134 e. The lowest BCUT2D eigenvalue weighted by atomic mass is 10.1. The maximum absolute atomic E-state index is 6.01. The van der Waals surface area contributed by atoms with Crippen LogP contribution in [0.5, 0.6) is 0 Å². The van der Waals surface area contributed by atoms with Gasteiger partial charge in [-0.15, -0.1) is 0 Å². The molecule has 1 N–H and O–H groups in total. The molecule has 2 heterocycles. The fraction of sp³-hybridized carbons (Fsp3) is 0.312. The zero-order valence-corrected chi connectivity index (χ0v) is 13.7. The predicted molar refractivity (Wildman–Crippen MR) is 87.3 cm³/mol. The molecule has 0 bridgehead atoms. The number of hydrogen-bond acceptors (Lipinski definition) is 3. The second-order valence-electron chi connectivity index (χ2n) is 5.01. The van der Waals surface area contributed by atoms with Crippen molar-refractivity contribution in [2.75, 3.05) is 7.05 Å². The third-order valence-electron chi connectivity index (χ3n) is 3.56. The highest BCUT2D eigenvalue weighted by Crippen LogP contribution is 2.32. The highest BCUT2D eigenvalue weighted by molar-refractivity contribution is 9.10. The third-order valence-corrected chi connectivity index (χ3v) is 4.17. The number of nitrogens with zero attached hydrogens (tertiary/aromatic N) is 2. The first-order valence-electron chi connectivity index (χ1n) is 7.11. The Morgan fingerprint density at radius 1 is 1.38 bits per heavy atom. The summed E-state index contributed by atoms with van der Waals surface area (Å²) in [6.07, 6.45) is 2.88. The van der Waals surface area contributed by atoms with Crippen molar-refractivity contribution in [2.45, 2.75) is 25.9 Å². The van der Waals surface area contributed by atoms with Gasteiger partial charge in [-0.05, 0) is 41.5 Å². The van der Waals surface area contributed by atoms with E-state index in [0.29, 0.717) is 0 Å². The lowest BCUT2D eigenvalue weighted by Crippen LogP contribution is -2.21. The number of fused-ring (bicyclic) bond motifs is 1. The van der Waals surface area contributed by atoms with Crippen LogP contribution in [0.4, 0.5) is 0 Å². The van der Waals surface area contributed by atoms with Gasteiger partial charge in [0.2, 0.25) is 0 Å². The van der Waals surface area contributed by atoms with Crippen LogP contribution >= 0.6 is 15.9 Å². The van der Waals surface area contributed by atoms with Gasteiger partial charge < -0.3 is 9.73 Å². The minimum Gasteiger partial charge on any atom is -0.459 e. The molecule has 3 aromatic rings. The van der Waals surface area contributed by atoms with E-state index in [-0.39, 0.29) is 6.04 Å². The fourth-order valence-electron chi connectivity index (χ4n) is 2.61. The number of benzene rings is 1. The molecular formula is C16H18BrN3O. The zero-order chi connectivity index (χ0) is 14.8. The minimum absolute atomic E-state index is 0.0270. The van der Waals surface area contributed by atoms with E-state index in [9.17, 15) is 0 Å². The number of para-hydroxylation sites is 1. The van der Waals surface area contributed by atoms with Gasteiger partial charge in [0.05, 0.1) is 16.4 Å². The number of aryl methyl sites for hydroxylation is 1. The van der Waals surface area contributed by atoms with Gasteiger partial charge in [-0.25, -0.2) is 0 Å². The average molecular weight is 348 g/mol. The molecule has 0 spiro atoms. The van der Waals surface area contributed by atoms with Crippen LogP contribution in [0.15, 0.2) is 45.4 Å². The maximum atomic E-state index is 6.01. The molecule has 1 unspecified atom stereocenters. The fourth-order valence-corrected chi connectivity index (χ4v) is 3.13. The van der Waals surface area contributed by atoms with Gasteiger partial charge in [-0.2, -0.15) is 5.10 Å². The summed E-state index contributed by atoms with van der Waals surface area (Å²) < 4.78 is 9.03. The number of nitrogens with one attached hydrogen (secondary N) is 1. The van der Waals surface area contributed by atoms with Gasteiger partial charge in [-0.3, -0.25) is 4.68 Å². The molecule has 0 saturated heterocycles. The summed E-state index contributed by atoms with van der Waals surface area (Å²) in [5.41, 5.74) is 2.00. The summed E-state index contributed by atoms with van der Waals surface area (Å²) >= 11 is 3.60. The largest absolute Gasteiger partial charge is 0.459 e. The molecule has 1 aromatic carbocycles. The van der Waals surface area contributed by atoms with Gasteiger partial charge >= 0.3 is 0 Å². The van der Waals surface area contributed by atoms with Crippen LogP contribution in [0.3, 0.4) is 0 Å². The molecule has 4 nitrogen and oxygen atoms in total. The Morgan fingerprint density at radius 2 is 2.19 bits per heavy atom. The van der Waals surface area contributed by atoms with Crippen molar-refractivity contribution in [3.63, 3.8) is 0 Å². The second kappa shape index (κ2) is 6.03. The summed E-state index contributed by atoms with van der Waals surface area (Å²) in [6.45, 7) is 3.04. The Balaban J connectivity index is 2.07. The Kier molecular flexibility index (Phi) is 4.12. The van der Waals surface area contributed by atoms with Crippen molar-refractivity contribution in [3.05, 3.63) is 52.5 Å². The molecule has 5 heteroatoms. The molecule has 1 atom stereocenters. The van der Waals surface area contributed by atoms with Crippen LogP contribution in [0.1, 0.15) is 30.8 Å². The van der Waals surface area contributed by atoms with Crippen LogP contribution in [-0.4, -0.2) is 16.8 Å². The van der Waals surface area contributed by atoms with E-state index >= 15 is 0 Å². The molecule has 0 aliphatic carbocycles. The molecule has 0 amide bonds. The number of hydrogen-bond donors (Lipinski definition) is 1. The molecule has 110 valence electrons. The number of aromatic nitrogens is 2. The van der Waals surface area contributed by atoms with Gasteiger partial charge in [0.25, 0.3) is 0 Å². The Bertz CT molecular complexity index is 714. The third kappa shape index (κ3) is 2.63. The summed E-state index contributed by atoms with van der Waals surface area (Å²) in [5.74, 6) is 0.900. The Hall–Kier alpha value is -1.59. The Labute approximate surface area is 132 Å². The topological polar surface area (TPSA) is 43.0 Å². The van der Waals surface area contributed by atoms with E-state index in [1.54, 1.807) is 0 Å². The number of furan rings is 1. The van der Waals surface area contributed by atoms with Crippen molar-refractivity contribution < 1.29 is 4.42 Å². The minimum atomic E-state index is -0.0270. The highest BCUT2D eigenvalue weighted by Gasteiger charge is 2.23. The molecule has 0 radical (unpaired) electrons. The molecule has 2 aromatic heterocycles. The molecule has 21 heavy (non-hydrogen) atoms. The van der Waals surface area contributed by atoms with E-state index in [2.05, 4.69) is 45.4 Å². The van der Waals surface area contributed by atoms with Crippen molar-refractivity contribution in [1.29, 1.82) is 0 Å². The summed E-state index contributed by atoms with van der Waals surface area (Å²) in [5, 5.41) is 8.89. The molecule has 0 aliphatic rings. The number of rotatable bonds is 5. The summed E-state index contributed by atoms with van der Waals surface area (Å²) in [6, 6.07) is 10.1. The van der Waals surface area contributed by atoms with Crippen LogP contribution in [-0.2, 0) is 6.54 Å². The van der Waals surface area contributed by atoms with E-state index in [0.717, 1.165) is 39.9 Å². The molecule has 3 rings (SSSR count). The zero-order valence-electron chi connectivity index (χ0n) is 12.1. The lowest BCUT2D eigenvalue weighted by Gasteiger charge is -2.16. The van der Waals surface area contributed by atoms with Gasteiger partial charge in [0.1, 0.15) is 17.4 Å². The first-order valence-corrected chi connectivity index (χ1v) is 7.90. The number of halogens is 1. The van der Waals surface area contributed by atoms with Crippen LogP contribution in [0.25, 0.3) is 11.0 Å². The average Bonchev–Trinajstić information content (AvgIpc) is 3.06. The monoisotopic (exact) mass is 347 g/mol. The van der Waals surface area contributed by atoms with Crippen molar-refractivity contribution in [1.82, 2.24) is 15.1 Å². The maximum Gasteiger partial charge on any atom is 0.134 e. The molecule has 0 aliphatic heterocycles. The highest BCUT2D eigenvalue weighted by atomic mass is 79.9. The second-order valence-corrected chi connectivity index (χ2v) is 5.86. The van der Waals surface area contributed by atoms with Crippen LogP contribution < -0.4 is 5.32 Å². The van der Waals surface area contributed by atoms with Crippen LogP contribution in [0.2, 0.25) is 0 Å². The van der Waals surface area contributed by atoms with Crippen molar-refractivity contribution in [3.8, 4) is 0 Å². The molecule has 0 fully saturated rings. The molecular weight excluding hydrogens is 330 g/mol. The van der Waals surface area contributed by atoms with Crippen molar-refractivity contribution in [2.24, 2.45) is 0 Å². The quantitative estimate of drug-likeness (QED) is 0.755.